The zero-order valence-electron chi connectivity index (χ0n) is 26.9. The van der Waals surface area contributed by atoms with Gasteiger partial charge in [0, 0.05) is 56.4 Å². The molecule has 47 heavy (non-hydrogen) atoms. The predicted octanol–water partition coefficient (Wildman–Crippen LogP) is 7.10. The normalized spacial score (nSPS) is 16.0. The fourth-order valence-electron chi connectivity index (χ4n) is 5.68. The van der Waals surface area contributed by atoms with E-state index in [1.165, 1.54) is 24.6 Å². The van der Waals surface area contributed by atoms with Gasteiger partial charge in [0.2, 0.25) is 11.8 Å². The van der Waals surface area contributed by atoms with Gasteiger partial charge in [0.25, 0.3) is 5.91 Å². The minimum absolute atomic E-state index is 0.0135. The molecule has 10 nitrogen and oxygen atoms in total. The average Bonchev–Trinajstić information content (AvgIpc) is 3.09. The van der Waals surface area contributed by atoms with Gasteiger partial charge in [-0.3, -0.25) is 9.69 Å². The molecule has 2 amide bonds. The van der Waals surface area contributed by atoms with Crippen LogP contribution in [-0.2, 0) is 6.54 Å². The summed E-state index contributed by atoms with van der Waals surface area (Å²) in [5.41, 5.74) is 3.37. The SMILES string of the molecule is Cc1ccc(Oc2ccc(OC3CCN(C(=O)Oc4ccc(NC(=O)c5ccc(CN6CCC(C)CC6)cc5)cn4)CC3)cc2)nc1. The Morgan fingerprint density at radius 1 is 0.787 bits per heavy atom. The van der Waals surface area contributed by atoms with Gasteiger partial charge in [-0.15, -0.1) is 0 Å². The molecule has 1 N–H and O–H groups in total. The first-order valence-corrected chi connectivity index (χ1v) is 16.3. The number of carbonyl (C=O) groups excluding carboxylic acids is 2. The minimum atomic E-state index is -0.460. The molecule has 4 aromatic rings. The summed E-state index contributed by atoms with van der Waals surface area (Å²) >= 11 is 0. The van der Waals surface area contributed by atoms with Gasteiger partial charge < -0.3 is 24.4 Å². The molecule has 2 aliphatic heterocycles. The highest BCUT2D eigenvalue weighted by atomic mass is 16.6. The third kappa shape index (κ3) is 9.07. The van der Waals surface area contributed by atoms with Crippen molar-refractivity contribution in [3.63, 3.8) is 0 Å². The van der Waals surface area contributed by atoms with Crippen molar-refractivity contribution in [2.45, 2.75) is 52.2 Å². The van der Waals surface area contributed by atoms with E-state index in [0.29, 0.717) is 48.8 Å². The van der Waals surface area contributed by atoms with Gasteiger partial charge in [0.1, 0.15) is 17.6 Å². The summed E-state index contributed by atoms with van der Waals surface area (Å²) < 4.78 is 17.4. The molecule has 2 fully saturated rings. The molecule has 0 atom stereocenters. The van der Waals surface area contributed by atoms with E-state index in [1.807, 2.05) is 67.6 Å². The molecule has 4 heterocycles. The van der Waals surface area contributed by atoms with Gasteiger partial charge in [-0.25, -0.2) is 14.8 Å². The summed E-state index contributed by atoms with van der Waals surface area (Å²) in [6, 6.07) is 22.2. The highest BCUT2D eigenvalue weighted by molar-refractivity contribution is 6.04. The highest BCUT2D eigenvalue weighted by Gasteiger charge is 2.25. The Morgan fingerprint density at radius 3 is 2.13 bits per heavy atom. The molecule has 0 aliphatic carbocycles. The van der Waals surface area contributed by atoms with Crippen molar-refractivity contribution in [1.29, 1.82) is 0 Å². The molecule has 2 saturated heterocycles. The molecule has 0 spiro atoms. The number of amides is 2. The molecule has 10 heteroatoms. The number of piperidine rings is 2. The van der Waals surface area contributed by atoms with Crippen LogP contribution in [0.2, 0.25) is 0 Å². The van der Waals surface area contributed by atoms with E-state index in [0.717, 1.165) is 36.9 Å². The second kappa shape index (κ2) is 15.1. The van der Waals surface area contributed by atoms with E-state index in [4.69, 9.17) is 14.2 Å². The van der Waals surface area contributed by atoms with Crippen LogP contribution >= 0.6 is 0 Å². The predicted molar refractivity (Wildman–Crippen MR) is 179 cm³/mol. The number of benzene rings is 2. The minimum Gasteiger partial charge on any atom is -0.490 e. The maximum Gasteiger partial charge on any atom is 0.416 e. The number of nitrogens with zero attached hydrogens (tertiary/aromatic N) is 4. The number of nitrogens with one attached hydrogen (secondary N) is 1. The van der Waals surface area contributed by atoms with Crippen molar-refractivity contribution in [2.24, 2.45) is 5.92 Å². The molecule has 6 rings (SSSR count). The standard InChI is InChI=1S/C37H41N5O5/c1-26-15-19-41(20-16-26)25-28-4-6-29(7-5-28)36(43)40-30-8-14-35(39-24-30)47-37(44)42-21-17-33(18-22-42)45-31-9-11-32(12-10-31)46-34-13-3-27(2)23-38-34/h3-14,23-24,26,33H,15-22,25H2,1-2H3,(H,40,43). The van der Waals surface area contributed by atoms with E-state index in [1.54, 1.807) is 23.2 Å². The van der Waals surface area contributed by atoms with E-state index in [2.05, 4.69) is 27.1 Å². The fraction of sp³-hybridized carbons (Fsp3) is 0.351. The zero-order chi connectivity index (χ0) is 32.6. The summed E-state index contributed by atoms with van der Waals surface area (Å²) in [7, 11) is 0. The molecule has 0 saturated carbocycles. The quantitative estimate of drug-likeness (QED) is 0.208. The Morgan fingerprint density at radius 2 is 1.47 bits per heavy atom. The van der Waals surface area contributed by atoms with Crippen LogP contribution in [0.25, 0.3) is 0 Å². The Balaban J connectivity index is 0.913. The molecule has 0 unspecified atom stereocenters. The van der Waals surface area contributed by atoms with Crippen molar-refractivity contribution in [1.82, 2.24) is 19.8 Å². The molecule has 2 aromatic carbocycles. The Hall–Kier alpha value is -4.96. The van der Waals surface area contributed by atoms with Crippen LogP contribution in [0.5, 0.6) is 23.3 Å². The highest BCUT2D eigenvalue weighted by Crippen LogP contribution is 2.25. The first-order chi connectivity index (χ1) is 22.9. The molecule has 0 radical (unpaired) electrons. The number of pyridine rings is 2. The Bertz CT molecular complexity index is 1610. The van der Waals surface area contributed by atoms with Crippen LogP contribution in [-0.4, -0.2) is 64.1 Å². The van der Waals surface area contributed by atoms with Crippen molar-refractivity contribution in [3.05, 3.63) is 102 Å². The van der Waals surface area contributed by atoms with Crippen molar-refractivity contribution < 1.29 is 23.8 Å². The molecule has 2 aromatic heterocycles. The summed E-state index contributed by atoms with van der Waals surface area (Å²) in [4.78, 5) is 38.2. The van der Waals surface area contributed by atoms with Gasteiger partial charge >= 0.3 is 6.09 Å². The first kappa shape index (κ1) is 32.0. The monoisotopic (exact) mass is 635 g/mol. The summed E-state index contributed by atoms with van der Waals surface area (Å²) in [6.45, 7) is 8.46. The number of carbonyl (C=O) groups is 2. The van der Waals surface area contributed by atoms with Crippen molar-refractivity contribution >= 4 is 17.7 Å². The number of aryl methyl sites for hydroxylation is 1. The third-order valence-electron chi connectivity index (χ3n) is 8.62. The first-order valence-electron chi connectivity index (χ1n) is 16.3. The van der Waals surface area contributed by atoms with E-state index in [9.17, 15) is 9.59 Å². The number of aromatic nitrogens is 2. The van der Waals surface area contributed by atoms with Crippen LogP contribution in [0.4, 0.5) is 10.5 Å². The molecular weight excluding hydrogens is 594 g/mol. The molecule has 0 bridgehead atoms. The van der Waals surface area contributed by atoms with Crippen LogP contribution in [0.15, 0.2) is 85.2 Å². The van der Waals surface area contributed by atoms with Gasteiger partial charge in [0.15, 0.2) is 0 Å². The van der Waals surface area contributed by atoms with Crippen LogP contribution in [0.1, 0.15) is 54.1 Å². The van der Waals surface area contributed by atoms with Crippen molar-refractivity contribution in [2.75, 3.05) is 31.5 Å². The molecule has 2 aliphatic rings. The lowest BCUT2D eigenvalue weighted by Gasteiger charge is -2.31. The van der Waals surface area contributed by atoms with Gasteiger partial charge in [-0.2, -0.15) is 0 Å². The van der Waals surface area contributed by atoms with Crippen LogP contribution < -0.4 is 19.5 Å². The number of likely N-dealkylation sites (tertiary alicyclic amines) is 2. The summed E-state index contributed by atoms with van der Waals surface area (Å²) in [6.07, 6.45) is 6.61. The maximum atomic E-state index is 12.8. The van der Waals surface area contributed by atoms with Crippen molar-refractivity contribution in [3.8, 4) is 23.3 Å². The topological polar surface area (TPSA) is 106 Å². The largest absolute Gasteiger partial charge is 0.490 e. The van der Waals surface area contributed by atoms with Gasteiger partial charge in [-0.05, 0) is 92.4 Å². The van der Waals surface area contributed by atoms with E-state index in [-0.39, 0.29) is 17.9 Å². The second-order valence-electron chi connectivity index (χ2n) is 12.4. The zero-order valence-corrected chi connectivity index (χ0v) is 26.9. The lowest BCUT2D eigenvalue weighted by atomic mass is 9.99. The van der Waals surface area contributed by atoms with Gasteiger partial charge in [-0.1, -0.05) is 25.1 Å². The van der Waals surface area contributed by atoms with E-state index >= 15 is 0 Å². The summed E-state index contributed by atoms with van der Waals surface area (Å²) in [5.74, 6) is 2.72. The Kier molecular flexibility index (Phi) is 10.3. The fourth-order valence-corrected chi connectivity index (χ4v) is 5.68. The summed E-state index contributed by atoms with van der Waals surface area (Å²) in [5, 5.41) is 2.86. The number of hydrogen-bond acceptors (Lipinski definition) is 8. The van der Waals surface area contributed by atoms with E-state index < -0.39 is 6.09 Å². The third-order valence-corrected chi connectivity index (χ3v) is 8.62. The number of hydrogen-bond donors (Lipinski definition) is 1. The lowest BCUT2D eigenvalue weighted by molar-refractivity contribution is 0.0922. The Labute approximate surface area is 275 Å². The second-order valence-corrected chi connectivity index (χ2v) is 12.4. The number of anilines is 1. The molecular formula is C37H41N5O5. The van der Waals surface area contributed by atoms with Crippen LogP contribution in [0, 0.1) is 12.8 Å². The van der Waals surface area contributed by atoms with Gasteiger partial charge in [0.05, 0.1) is 11.9 Å². The maximum absolute atomic E-state index is 12.8. The number of ether oxygens (including phenoxy) is 3. The number of rotatable bonds is 9. The average molecular weight is 636 g/mol. The van der Waals surface area contributed by atoms with Crippen LogP contribution in [0.3, 0.4) is 0 Å². The molecule has 244 valence electrons. The smallest absolute Gasteiger partial charge is 0.416 e. The lowest BCUT2D eigenvalue weighted by Crippen LogP contribution is -2.43.